The van der Waals surface area contributed by atoms with Crippen molar-refractivity contribution in [2.24, 2.45) is 0 Å². The van der Waals surface area contributed by atoms with E-state index in [1.54, 1.807) is 0 Å². The molecule has 0 bridgehead atoms. The van der Waals surface area contributed by atoms with Crippen LogP contribution in [0.3, 0.4) is 0 Å². The summed E-state index contributed by atoms with van der Waals surface area (Å²) in [4.78, 5) is 0. The number of hydrogen-bond donors (Lipinski definition) is 1. The topological polar surface area (TPSA) is 25.2 Å². The first-order valence-corrected chi connectivity index (χ1v) is 6.54. The number of nitrogens with zero attached hydrogens (tertiary/aromatic N) is 1. The number of benzene rings is 1. The third-order valence-electron chi connectivity index (χ3n) is 3.29. The minimum Gasteiger partial charge on any atom is -0.392 e. The molecular weight excluding hydrogens is 210 g/mol. The lowest BCUT2D eigenvalue weighted by atomic mass is 10.2. The zero-order valence-corrected chi connectivity index (χ0v) is 10.5. The number of fused-ring (bicyclic) bond motifs is 1. The van der Waals surface area contributed by atoms with E-state index in [9.17, 15) is 5.11 Å². The second kappa shape index (κ2) is 5.87. The standard InChI is InChI=1S/C15H21NO/c1-2-3-4-7-10-16-11-13(12-17)14-8-5-6-9-15(14)16/h5-6,8-9,11,17H,2-4,7,10,12H2,1H3. The van der Waals surface area contributed by atoms with Crippen LogP contribution in [0.15, 0.2) is 30.5 Å². The first-order valence-electron chi connectivity index (χ1n) is 6.54. The molecule has 1 aromatic carbocycles. The molecule has 1 heterocycles. The van der Waals surface area contributed by atoms with Crippen LogP contribution in [0.4, 0.5) is 0 Å². The SMILES string of the molecule is CCCCCCn1cc(CO)c2ccccc21. The van der Waals surface area contributed by atoms with Gasteiger partial charge in [0.15, 0.2) is 0 Å². The van der Waals surface area contributed by atoms with Gasteiger partial charge in [-0.15, -0.1) is 0 Å². The second-order valence-corrected chi connectivity index (χ2v) is 4.58. The molecule has 17 heavy (non-hydrogen) atoms. The molecule has 0 unspecified atom stereocenters. The van der Waals surface area contributed by atoms with Crippen molar-refractivity contribution < 1.29 is 5.11 Å². The Kier molecular flexibility index (Phi) is 4.21. The van der Waals surface area contributed by atoms with E-state index in [1.807, 2.05) is 6.07 Å². The molecule has 1 N–H and O–H groups in total. The van der Waals surface area contributed by atoms with Crippen molar-refractivity contribution in [3.8, 4) is 0 Å². The second-order valence-electron chi connectivity index (χ2n) is 4.58. The predicted octanol–water partition coefficient (Wildman–Crippen LogP) is 3.71. The van der Waals surface area contributed by atoms with Gasteiger partial charge < -0.3 is 9.67 Å². The number of unbranched alkanes of at least 4 members (excludes halogenated alkanes) is 3. The summed E-state index contributed by atoms with van der Waals surface area (Å²) >= 11 is 0. The Morgan fingerprint density at radius 1 is 1.12 bits per heavy atom. The zero-order valence-electron chi connectivity index (χ0n) is 10.5. The molecule has 0 aliphatic carbocycles. The smallest absolute Gasteiger partial charge is 0.0702 e. The van der Waals surface area contributed by atoms with Crippen LogP contribution < -0.4 is 0 Å². The molecule has 2 nitrogen and oxygen atoms in total. The van der Waals surface area contributed by atoms with Gasteiger partial charge in [-0.2, -0.15) is 0 Å². The fourth-order valence-electron chi connectivity index (χ4n) is 2.34. The maximum atomic E-state index is 9.35. The van der Waals surface area contributed by atoms with Crippen molar-refractivity contribution in [2.75, 3.05) is 0 Å². The van der Waals surface area contributed by atoms with Crippen LogP contribution in [0.1, 0.15) is 38.2 Å². The summed E-state index contributed by atoms with van der Waals surface area (Å²) < 4.78 is 2.27. The van der Waals surface area contributed by atoms with Crippen molar-refractivity contribution in [2.45, 2.75) is 45.8 Å². The van der Waals surface area contributed by atoms with E-state index in [2.05, 4.69) is 35.9 Å². The van der Waals surface area contributed by atoms with Crippen molar-refractivity contribution in [1.82, 2.24) is 4.57 Å². The van der Waals surface area contributed by atoms with Gasteiger partial charge in [-0.1, -0.05) is 44.4 Å². The van der Waals surface area contributed by atoms with Gasteiger partial charge in [0.1, 0.15) is 0 Å². The molecule has 0 fully saturated rings. The highest BCUT2D eigenvalue weighted by Crippen LogP contribution is 2.21. The summed E-state index contributed by atoms with van der Waals surface area (Å²) in [6.45, 7) is 3.41. The number of aromatic nitrogens is 1. The van der Waals surface area contributed by atoms with Gasteiger partial charge in [0, 0.05) is 29.2 Å². The number of aliphatic hydroxyl groups is 1. The molecule has 1 aromatic heterocycles. The van der Waals surface area contributed by atoms with E-state index in [0.29, 0.717) is 0 Å². The van der Waals surface area contributed by atoms with Crippen molar-refractivity contribution >= 4 is 10.9 Å². The summed E-state index contributed by atoms with van der Waals surface area (Å²) in [5.74, 6) is 0. The minimum absolute atomic E-state index is 0.127. The van der Waals surface area contributed by atoms with Crippen LogP contribution >= 0.6 is 0 Å². The molecule has 0 aliphatic heterocycles. The maximum absolute atomic E-state index is 9.35. The number of hydrogen-bond acceptors (Lipinski definition) is 1. The number of aryl methyl sites for hydroxylation is 1. The molecule has 0 saturated carbocycles. The quantitative estimate of drug-likeness (QED) is 0.753. The van der Waals surface area contributed by atoms with Crippen LogP contribution in [-0.4, -0.2) is 9.67 Å². The third kappa shape index (κ3) is 2.70. The number of aliphatic hydroxyl groups excluding tert-OH is 1. The molecule has 0 atom stereocenters. The molecule has 0 saturated heterocycles. The Morgan fingerprint density at radius 2 is 1.94 bits per heavy atom. The average molecular weight is 231 g/mol. The monoisotopic (exact) mass is 231 g/mol. The third-order valence-corrected chi connectivity index (χ3v) is 3.29. The highest BCUT2D eigenvalue weighted by Gasteiger charge is 2.06. The summed E-state index contributed by atoms with van der Waals surface area (Å²) in [6.07, 6.45) is 7.19. The van der Waals surface area contributed by atoms with Crippen LogP contribution in [-0.2, 0) is 13.2 Å². The lowest BCUT2D eigenvalue weighted by Crippen LogP contribution is -1.95. The fourth-order valence-corrected chi connectivity index (χ4v) is 2.34. The summed E-state index contributed by atoms with van der Waals surface area (Å²) in [7, 11) is 0. The Bertz CT molecular complexity index is 473. The fraction of sp³-hybridized carbons (Fsp3) is 0.467. The number of para-hydroxylation sites is 1. The van der Waals surface area contributed by atoms with Gasteiger partial charge in [0.25, 0.3) is 0 Å². The van der Waals surface area contributed by atoms with Crippen LogP contribution in [0.5, 0.6) is 0 Å². The average Bonchev–Trinajstić information content (AvgIpc) is 2.73. The van der Waals surface area contributed by atoms with Crippen molar-refractivity contribution in [1.29, 1.82) is 0 Å². The van der Waals surface area contributed by atoms with Crippen molar-refractivity contribution in [3.63, 3.8) is 0 Å². The maximum Gasteiger partial charge on any atom is 0.0702 e. The summed E-state index contributed by atoms with van der Waals surface area (Å²) in [5, 5.41) is 10.5. The van der Waals surface area contributed by atoms with Gasteiger partial charge in [0.2, 0.25) is 0 Å². The first kappa shape index (κ1) is 12.2. The molecule has 0 amide bonds. The van der Waals surface area contributed by atoms with E-state index < -0.39 is 0 Å². The Balaban J connectivity index is 2.16. The van der Waals surface area contributed by atoms with Gasteiger partial charge >= 0.3 is 0 Å². The Hall–Kier alpha value is -1.28. The predicted molar refractivity (Wildman–Crippen MR) is 72.0 cm³/mol. The van der Waals surface area contributed by atoms with E-state index in [-0.39, 0.29) is 6.61 Å². The molecule has 0 aliphatic rings. The molecule has 2 rings (SSSR count). The van der Waals surface area contributed by atoms with Crippen LogP contribution in [0.2, 0.25) is 0 Å². The largest absolute Gasteiger partial charge is 0.392 e. The molecule has 2 aromatic rings. The Labute approximate surface area is 103 Å². The first-order chi connectivity index (χ1) is 8.36. The van der Waals surface area contributed by atoms with E-state index >= 15 is 0 Å². The lowest BCUT2D eigenvalue weighted by Gasteiger charge is -2.04. The van der Waals surface area contributed by atoms with Gasteiger partial charge in [0.05, 0.1) is 6.61 Å². The van der Waals surface area contributed by atoms with Crippen molar-refractivity contribution in [3.05, 3.63) is 36.0 Å². The Morgan fingerprint density at radius 3 is 2.71 bits per heavy atom. The molecule has 2 heteroatoms. The van der Waals surface area contributed by atoms with Gasteiger partial charge in [-0.05, 0) is 12.5 Å². The van der Waals surface area contributed by atoms with Gasteiger partial charge in [-0.3, -0.25) is 0 Å². The lowest BCUT2D eigenvalue weighted by molar-refractivity contribution is 0.283. The van der Waals surface area contributed by atoms with Crippen LogP contribution in [0.25, 0.3) is 10.9 Å². The van der Waals surface area contributed by atoms with E-state index in [0.717, 1.165) is 12.1 Å². The summed E-state index contributed by atoms with van der Waals surface area (Å²) in [5.41, 5.74) is 2.28. The molecule has 0 spiro atoms. The molecule has 92 valence electrons. The molecule has 0 radical (unpaired) electrons. The zero-order chi connectivity index (χ0) is 12.1. The van der Waals surface area contributed by atoms with Crippen LogP contribution in [0, 0.1) is 0 Å². The summed E-state index contributed by atoms with van der Waals surface area (Å²) in [6, 6.07) is 8.31. The van der Waals surface area contributed by atoms with E-state index in [1.165, 1.54) is 36.6 Å². The normalized spacial score (nSPS) is 11.2. The highest BCUT2D eigenvalue weighted by atomic mass is 16.3. The van der Waals surface area contributed by atoms with E-state index in [4.69, 9.17) is 0 Å². The minimum atomic E-state index is 0.127. The molecular formula is C15H21NO. The number of rotatable bonds is 6. The highest BCUT2D eigenvalue weighted by molar-refractivity contribution is 5.83. The van der Waals surface area contributed by atoms with Gasteiger partial charge in [-0.25, -0.2) is 0 Å².